The number of urea groups is 1. The molecule has 1 heterocycles. The Bertz CT molecular complexity index is 482. The van der Waals surface area contributed by atoms with E-state index < -0.39 is 0 Å². The van der Waals surface area contributed by atoms with Crippen molar-refractivity contribution in [1.29, 1.82) is 0 Å². The number of amides is 2. The molecule has 0 radical (unpaired) electrons. The quantitative estimate of drug-likeness (QED) is 0.872. The fourth-order valence-corrected chi connectivity index (χ4v) is 3.13. The molecule has 0 saturated carbocycles. The molecule has 4 heteroatoms. The predicted molar refractivity (Wildman–Crippen MR) is 95.3 cm³/mol. The largest absolute Gasteiger partial charge is 0.334 e. The normalized spacial score (nSPS) is 18.3. The van der Waals surface area contributed by atoms with Crippen LogP contribution in [0, 0.1) is 5.92 Å². The van der Waals surface area contributed by atoms with Crippen LogP contribution >= 0.6 is 0 Å². The van der Waals surface area contributed by atoms with Gasteiger partial charge in [0.1, 0.15) is 0 Å². The number of hydrogen-bond donors (Lipinski definition) is 1. The van der Waals surface area contributed by atoms with Gasteiger partial charge in [0.2, 0.25) is 0 Å². The molecule has 128 valence electrons. The molecule has 1 fully saturated rings. The molecule has 1 aromatic carbocycles. The maximum absolute atomic E-state index is 12.2. The monoisotopic (exact) mass is 317 g/mol. The molecule has 1 aliphatic heterocycles. The molecule has 0 aliphatic carbocycles. The van der Waals surface area contributed by atoms with Gasteiger partial charge in [-0.05, 0) is 43.0 Å². The predicted octanol–water partition coefficient (Wildman–Crippen LogP) is 3.47. The minimum absolute atomic E-state index is 0.0729. The molecular weight excluding hydrogens is 286 g/mol. The van der Waals surface area contributed by atoms with Crippen LogP contribution in [0.5, 0.6) is 0 Å². The maximum atomic E-state index is 12.2. The molecule has 0 spiro atoms. The Kier molecular flexibility index (Phi) is 6.90. The van der Waals surface area contributed by atoms with E-state index in [2.05, 4.69) is 55.3 Å². The molecule has 0 aromatic heterocycles. The second-order valence-electron chi connectivity index (χ2n) is 6.63. The standard InChI is InChI=1S/C19H31N3O/c1-4-21(5-2)15-18-10-8-17(9-11-18)13-20-19(23)22-12-6-7-16(3)14-22/h8-11,16H,4-7,12-15H2,1-3H3,(H,20,23). The molecule has 0 bridgehead atoms. The summed E-state index contributed by atoms with van der Waals surface area (Å²) in [5, 5.41) is 3.05. The van der Waals surface area contributed by atoms with Crippen LogP contribution in [0.1, 0.15) is 44.7 Å². The number of likely N-dealkylation sites (tertiary alicyclic amines) is 1. The molecule has 1 saturated heterocycles. The highest BCUT2D eigenvalue weighted by molar-refractivity contribution is 5.74. The summed E-state index contributed by atoms with van der Waals surface area (Å²) in [5.41, 5.74) is 2.49. The van der Waals surface area contributed by atoms with E-state index in [1.807, 2.05) is 4.90 Å². The van der Waals surface area contributed by atoms with Gasteiger partial charge in [0.25, 0.3) is 0 Å². The lowest BCUT2D eigenvalue weighted by atomic mass is 10.0. The van der Waals surface area contributed by atoms with Gasteiger partial charge in [-0.25, -0.2) is 4.79 Å². The Labute approximate surface area is 140 Å². The second kappa shape index (κ2) is 8.92. The zero-order chi connectivity index (χ0) is 16.7. The Morgan fingerprint density at radius 2 is 1.87 bits per heavy atom. The summed E-state index contributed by atoms with van der Waals surface area (Å²) in [7, 11) is 0. The van der Waals surface area contributed by atoms with Crippen molar-refractivity contribution in [2.75, 3.05) is 26.2 Å². The van der Waals surface area contributed by atoms with E-state index in [1.54, 1.807) is 0 Å². The van der Waals surface area contributed by atoms with E-state index in [4.69, 9.17) is 0 Å². The molecule has 4 nitrogen and oxygen atoms in total. The fourth-order valence-electron chi connectivity index (χ4n) is 3.13. The third-order valence-electron chi connectivity index (χ3n) is 4.71. The van der Waals surface area contributed by atoms with E-state index >= 15 is 0 Å². The van der Waals surface area contributed by atoms with Crippen molar-refractivity contribution in [3.05, 3.63) is 35.4 Å². The maximum Gasteiger partial charge on any atom is 0.317 e. The molecule has 2 amide bonds. The molecule has 2 rings (SSSR count). The van der Waals surface area contributed by atoms with Crippen LogP contribution in [0.4, 0.5) is 4.79 Å². The molecule has 1 unspecified atom stereocenters. The molecule has 1 aromatic rings. The number of carbonyl (C=O) groups excluding carboxylic acids is 1. The molecule has 1 N–H and O–H groups in total. The highest BCUT2D eigenvalue weighted by Gasteiger charge is 2.20. The number of nitrogens with zero attached hydrogens (tertiary/aromatic N) is 2. The fraction of sp³-hybridized carbons (Fsp3) is 0.632. The minimum Gasteiger partial charge on any atom is -0.334 e. The number of benzene rings is 1. The van der Waals surface area contributed by atoms with Crippen molar-refractivity contribution in [1.82, 2.24) is 15.1 Å². The highest BCUT2D eigenvalue weighted by atomic mass is 16.2. The third kappa shape index (κ3) is 5.54. The van der Waals surface area contributed by atoms with Crippen molar-refractivity contribution in [3.63, 3.8) is 0 Å². The van der Waals surface area contributed by atoms with Gasteiger partial charge in [0, 0.05) is 26.2 Å². The topological polar surface area (TPSA) is 35.6 Å². The number of hydrogen-bond acceptors (Lipinski definition) is 2. The van der Waals surface area contributed by atoms with Gasteiger partial charge in [-0.2, -0.15) is 0 Å². The average molecular weight is 317 g/mol. The Morgan fingerprint density at radius 3 is 2.48 bits per heavy atom. The summed E-state index contributed by atoms with van der Waals surface area (Å²) in [6.45, 7) is 12.1. The van der Waals surface area contributed by atoms with Crippen LogP contribution in [-0.4, -0.2) is 42.0 Å². The molecule has 1 atom stereocenters. The molecule has 1 aliphatic rings. The number of carbonyl (C=O) groups is 1. The number of nitrogens with one attached hydrogen (secondary N) is 1. The summed E-state index contributed by atoms with van der Waals surface area (Å²) < 4.78 is 0. The first kappa shape index (κ1) is 17.8. The summed E-state index contributed by atoms with van der Waals surface area (Å²) in [5.74, 6) is 0.619. The summed E-state index contributed by atoms with van der Waals surface area (Å²) in [4.78, 5) is 16.6. The van der Waals surface area contributed by atoms with E-state index in [1.165, 1.54) is 12.0 Å². The smallest absolute Gasteiger partial charge is 0.317 e. The van der Waals surface area contributed by atoms with Crippen LogP contribution in [0.3, 0.4) is 0 Å². The van der Waals surface area contributed by atoms with E-state index in [9.17, 15) is 4.79 Å². The van der Waals surface area contributed by atoms with Gasteiger partial charge in [-0.3, -0.25) is 4.90 Å². The average Bonchev–Trinajstić information content (AvgIpc) is 2.58. The Morgan fingerprint density at radius 1 is 1.22 bits per heavy atom. The summed E-state index contributed by atoms with van der Waals surface area (Å²) >= 11 is 0. The zero-order valence-corrected chi connectivity index (χ0v) is 14.8. The van der Waals surface area contributed by atoms with Crippen molar-refractivity contribution in [2.24, 2.45) is 5.92 Å². The van der Waals surface area contributed by atoms with Crippen LogP contribution in [0.2, 0.25) is 0 Å². The van der Waals surface area contributed by atoms with Crippen LogP contribution in [0.25, 0.3) is 0 Å². The van der Waals surface area contributed by atoms with Gasteiger partial charge < -0.3 is 10.2 Å². The lowest BCUT2D eigenvalue weighted by molar-refractivity contribution is 0.169. The second-order valence-corrected chi connectivity index (χ2v) is 6.63. The Hall–Kier alpha value is -1.55. The number of rotatable bonds is 6. The van der Waals surface area contributed by atoms with Crippen molar-refractivity contribution < 1.29 is 4.79 Å². The van der Waals surface area contributed by atoms with Crippen LogP contribution < -0.4 is 5.32 Å². The van der Waals surface area contributed by atoms with Crippen molar-refractivity contribution >= 4 is 6.03 Å². The zero-order valence-electron chi connectivity index (χ0n) is 14.8. The first-order valence-corrected chi connectivity index (χ1v) is 8.95. The summed E-state index contributed by atoms with van der Waals surface area (Å²) in [6.07, 6.45) is 2.35. The van der Waals surface area contributed by atoms with Gasteiger partial charge in [-0.1, -0.05) is 45.0 Å². The minimum atomic E-state index is 0.0729. The first-order chi connectivity index (χ1) is 11.1. The van der Waals surface area contributed by atoms with E-state index in [0.717, 1.165) is 44.7 Å². The van der Waals surface area contributed by atoms with Crippen LogP contribution in [-0.2, 0) is 13.1 Å². The summed E-state index contributed by atoms with van der Waals surface area (Å²) in [6, 6.07) is 8.66. The van der Waals surface area contributed by atoms with Gasteiger partial charge >= 0.3 is 6.03 Å². The highest BCUT2D eigenvalue weighted by Crippen LogP contribution is 2.15. The van der Waals surface area contributed by atoms with Crippen molar-refractivity contribution in [3.8, 4) is 0 Å². The van der Waals surface area contributed by atoms with Crippen LogP contribution in [0.15, 0.2) is 24.3 Å². The molecular formula is C19H31N3O. The first-order valence-electron chi connectivity index (χ1n) is 8.95. The SMILES string of the molecule is CCN(CC)Cc1ccc(CNC(=O)N2CCCC(C)C2)cc1. The molecule has 23 heavy (non-hydrogen) atoms. The van der Waals surface area contributed by atoms with Gasteiger partial charge in [-0.15, -0.1) is 0 Å². The van der Waals surface area contributed by atoms with E-state index in [-0.39, 0.29) is 6.03 Å². The lowest BCUT2D eigenvalue weighted by Gasteiger charge is -2.31. The van der Waals surface area contributed by atoms with E-state index in [0.29, 0.717) is 12.5 Å². The van der Waals surface area contributed by atoms with Gasteiger partial charge in [0.15, 0.2) is 0 Å². The lowest BCUT2D eigenvalue weighted by Crippen LogP contribution is -2.44. The number of piperidine rings is 1. The third-order valence-corrected chi connectivity index (χ3v) is 4.71. The van der Waals surface area contributed by atoms with Crippen molar-refractivity contribution in [2.45, 2.75) is 46.7 Å². The Balaban J connectivity index is 1.80. The van der Waals surface area contributed by atoms with Gasteiger partial charge in [0.05, 0.1) is 0 Å².